The average molecular weight is 552 g/mol. The van der Waals surface area contributed by atoms with Crippen molar-refractivity contribution in [3.05, 3.63) is 84.4 Å². The lowest BCUT2D eigenvalue weighted by Gasteiger charge is -2.45. The Labute approximate surface area is 233 Å². The van der Waals surface area contributed by atoms with Gasteiger partial charge in [0.25, 0.3) is 0 Å². The van der Waals surface area contributed by atoms with E-state index in [0.29, 0.717) is 6.42 Å². The molecule has 38 heavy (non-hydrogen) atoms. The van der Waals surface area contributed by atoms with Crippen molar-refractivity contribution in [1.82, 2.24) is 0 Å². The summed E-state index contributed by atoms with van der Waals surface area (Å²) in [5, 5.41) is 4.84. The zero-order chi connectivity index (χ0) is 28.4. The second-order valence-corrected chi connectivity index (χ2v) is 23.1. The minimum absolute atomic E-state index is 0.0272. The molecule has 1 aliphatic heterocycles. The second kappa shape index (κ2) is 11.6. The first-order valence-corrected chi connectivity index (χ1v) is 19.7. The molecule has 0 radical (unpaired) electrons. The molecule has 4 nitrogen and oxygen atoms in total. The largest absolute Gasteiger partial charge is 0.408 e. The molecule has 3 atom stereocenters. The molecule has 1 heterocycles. The molecule has 0 unspecified atom stereocenters. The van der Waals surface area contributed by atoms with Crippen LogP contribution in [0.5, 0.6) is 0 Å². The quantitative estimate of drug-likeness (QED) is 0.219. The minimum atomic E-state index is -2.16. The van der Waals surface area contributed by atoms with E-state index in [9.17, 15) is 0 Å². The second-order valence-electron chi connectivity index (χ2n) is 13.6. The fourth-order valence-electron chi connectivity index (χ4n) is 4.27. The highest BCUT2D eigenvalue weighted by molar-refractivity contribution is 6.74. The molecule has 0 fully saturated rings. The van der Waals surface area contributed by atoms with Crippen molar-refractivity contribution in [1.29, 1.82) is 0 Å². The van der Waals surface area contributed by atoms with Crippen LogP contribution in [0.15, 0.2) is 78.5 Å². The SMILES string of the molecule is C=C[C@H](O[Si](C)(C)C(C)(C)C)[C@@H](O[Si](C)(C)C(C)(C)C)[C@H]1CC(C(c2ccccc2)c2ccccc2)=NO1. The standard InChI is InChI=1S/C32H49NO3Si2/c1-12-27(35-37(8,9)31(2,3)4)30(36-38(10,11)32(5,6)7)28-23-26(33-34-28)29(24-19-15-13-16-20-24)25-21-17-14-18-22-25/h12-22,27-30H,1,23H2,2-11H3/t27-,28+,30+/m0/s1. The van der Waals surface area contributed by atoms with Crippen molar-refractivity contribution < 1.29 is 13.7 Å². The normalized spacial score (nSPS) is 18.6. The Morgan fingerprint density at radius 3 is 1.68 bits per heavy atom. The van der Waals surface area contributed by atoms with Gasteiger partial charge in [-0.3, -0.25) is 0 Å². The molecular weight excluding hydrogens is 503 g/mol. The van der Waals surface area contributed by atoms with E-state index >= 15 is 0 Å². The summed E-state index contributed by atoms with van der Waals surface area (Å²) >= 11 is 0. The van der Waals surface area contributed by atoms with Crippen molar-refractivity contribution in [3.63, 3.8) is 0 Å². The molecule has 0 saturated heterocycles. The Hall–Kier alpha value is -2.00. The fraction of sp³-hybridized carbons (Fsp3) is 0.531. The Bertz CT molecular complexity index is 1050. The lowest BCUT2D eigenvalue weighted by Crippen LogP contribution is -2.54. The highest BCUT2D eigenvalue weighted by Crippen LogP contribution is 2.42. The third-order valence-corrected chi connectivity index (χ3v) is 17.7. The molecule has 3 rings (SSSR count). The molecular formula is C32H49NO3Si2. The number of benzene rings is 2. The molecule has 6 heteroatoms. The molecule has 0 N–H and O–H groups in total. The van der Waals surface area contributed by atoms with E-state index in [1.807, 2.05) is 6.08 Å². The van der Waals surface area contributed by atoms with Crippen LogP contribution in [0.4, 0.5) is 0 Å². The van der Waals surface area contributed by atoms with Crippen molar-refractivity contribution in [2.45, 2.75) is 108 Å². The first kappa shape index (κ1) is 30.5. The van der Waals surface area contributed by atoms with Gasteiger partial charge < -0.3 is 13.7 Å². The minimum Gasteiger partial charge on any atom is -0.408 e. The first-order valence-electron chi connectivity index (χ1n) is 13.9. The molecule has 0 bridgehead atoms. The van der Waals surface area contributed by atoms with Crippen molar-refractivity contribution >= 4 is 22.3 Å². The summed E-state index contributed by atoms with van der Waals surface area (Å²) in [6.45, 7) is 27.0. The van der Waals surface area contributed by atoms with Crippen LogP contribution in [0.2, 0.25) is 36.3 Å². The highest BCUT2D eigenvalue weighted by atomic mass is 28.4. The predicted molar refractivity (Wildman–Crippen MR) is 166 cm³/mol. The zero-order valence-corrected chi connectivity index (χ0v) is 27.2. The molecule has 0 saturated carbocycles. The smallest absolute Gasteiger partial charge is 0.193 e. The van der Waals surface area contributed by atoms with Gasteiger partial charge in [-0.05, 0) is 47.4 Å². The van der Waals surface area contributed by atoms with Crippen LogP contribution in [0.1, 0.15) is 65.0 Å². The maximum atomic E-state index is 7.10. The third-order valence-electron chi connectivity index (χ3n) is 8.71. The van der Waals surface area contributed by atoms with E-state index in [4.69, 9.17) is 18.8 Å². The van der Waals surface area contributed by atoms with E-state index in [2.05, 4.69) is 135 Å². The summed E-state index contributed by atoms with van der Waals surface area (Å²) in [6.07, 6.45) is 1.78. The van der Waals surface area contributed by atoms with E-state index in [0.717, 1.165) is 5.71 Å². The topological polar surface area (TPSA) is 40.0 Å². The van der Waals surface area contributed by atoms with Gasteiger partial charge in [-0.25, -0.2) is 0 Å². The van der Waals surface area contributed by atoms with Crippen LogP contribution >= 0.6 is 0 Å². The third kappa shape index (κ3) is 6.95. The molecule has 2 aromatic rings. The summed E-state index contributed by atoms with van der Waals surface area (Å²) in [5.74, 6) is 0.0272. The lowest BCUT2D eigenvalue weighted by atomic mass is 9.84. The number of hydrogen-bond acceptors (Lipinski definition) is 4. The van der Waals surface area contributed by atoms with Gasteiger partial charge in [-0.2, -0.15) is 0 Å². The fourth-order valence-corrected chi connectivity index (χ4v) is 6.85. The van der Waals surface area contributed by atoms with Gasteiger partial charge in [0.15, 0.2) is 22.7 Å². The number of oxime groups is 1. The van der Waals surface area contributed by atoms with Gasteiger partial charge in [0, 0.05) is 6.42 Å². The van der Waals surface area contributed by atoms with Crippen LogP contribution in [0.25, 0.3) is 0 Å². The molecule has 1 aliphatic rings. The van der Waals surface area contributed by atoms with Gasteiger partial charge in [0.2, 0.25) is 0 Å². The summed E-state index contributed by atoms with van der Waals surface area (Å²) in [5.41, 5.74) is 3.44. The number of rotatable bonds is 10. The van der Waals surface area contributed by atoms with Crippen LogP contribution in [-0.2, 0) is 13.7 Å². The summed E-state index contributed by atoms with van der Waals surface area (Å²) in [6, 6.07) is 21.1. The number of nitrogens with zero attached hydrogens (tertiary/aromatic N) is 1. The Morgan fingerprint density at radius 2 is 1.26 bits per heavy atom. The Balaban J connectivity index is 1.97. The summed E-state index contributed by atoms with van der Waals surface area (Å²) in [7, 11) is -4.25. The van der Waals surface area contributed by atoms with Crippen LogP contribution < -0.4 is 0 Å². The van der Waals surface area contributed by atoms with Crippen LogP contribution in [0, 0.1) is 0 Å². The van der Waals surface area contributed by atoms with Crippen molar-refractivity contribution in [2.75, 3.05) is 0 Å². The maximum Gasteiger partial charge on any atom is 0.193 e. The predicted octanol–water partition coefficient (Wildman–Crippen LogP) is 8.93. The summed E-state index contributed by atoms with van der Waals surface area (Å²) in [4.78, 5) is 6.27. The van der Waals surface area contributed by atoms with Gasteiger partial charge in [0.05, 0.1) is 17.7 Å². The monoisotopic (exact) mass is 551 g/mol. The number of hydrogen-bond donors (Lipinski definition) is 0. The van der Waals surface area contributed by atoms with Gasteiger partial charge >= 0.3 is 0 Å². The van der Waals surface area contributed by atoms with Gasteiger partial charge in [0.1, 0.15) is 6.10 Å². The van der Waals surface area contributed by atoms with Gasteiger partial charge in [-0.1, -0.05) is 113 Å². The highest BCUT2D eigenvalue weighted by Gasteiger charge is 2.48. The lowest BCUT2D eigenvalue weighted by molar-refractivity contribution is -0.0515. The molecule has 0 aromatic heterocycles. The van der Waals surface area contributed by atoms with E-state index in [1.165, 1.54) is 11.1 Å². The van der Waals surface area contributed by atoms with E-state index in [1.54, 1.807) is 0 Å². The molecule has 0 aliphatic carbocycles. The first-order chi connectivity index (χ1) is 17.6. The Kier molecular flexibility index (Phi) is 9.34. The molecule has 2 aromatic carbocycles. The Morgan fingerprint density at radius 1 is 0.816 bits per heavy atom. The van der Waals surface area contributed by atoms with Gasteiger partial charge in [-0.15, -0.1) is 6.58 Å². The average Bonchev–Trinajstić information content (AvgIpc) is 3.30. The maximum absolute atomic E-state index is 7.10. The van der Waals surface area contributed by atoms with E-state index < -0.39 is 16.6 Å². The summed E-state index contributed by atoms with van der Waals surface area (Å²) < 4.78 is 14.0. The molecule has 0 amide bonds. The van der Waals surface area contributed by atoms with Crippen molar-refractivity contribution in [3.8, 4) is 0 Å². The van der Waals surface area contributed by atoms with Crippen molar-refractivity contribution in [2.24, 2.45) is 5.16 Å². The van der Waals surface area contributed by atoms with E-state index in [-0.39, 0.29) is 34.3 Å². The molecule has 0 spiro atoms. The van der Waals surface area contributed by atoms with Crippen LogP contribution in [-0.4, -0.2) is 40.7 Å². The zero-order valence-electron chi connectivity index (χ0n) is 25.2. The molecule has 208 valence electrons. The van der Waals surface area contributed by atoms with Crippen LogP contribution in [0.3, 0.4) is 0 Å².